The van der Waals surface area contributed by atoms with Gasteiger partial charge in [0.1, 0.15) is 0 Å². The molecule has 0 aromatic heterocycles. The minimum Gasteiger partial charge on any atom is -0.298 e. The molecule has 0 unspecified atom stereocenters. The molecule has 1 aliphatic carbocycles. The van der Waals surface area contributed by atoms with Crippen molar-refractivity contribution in [3.05, 3.63) is 29.3 Å². The van der Waals surface area contributed by atoms with Gasteiger partial charge in [0.15, 0.2) is 0 Å². The van der Waals surface area contributed by atoms with Gasteiger partial charge in [0.2, 0.25) is 0 Å². The number of aryl methyl sites for hydroxylation is 2. The maximum atomic E-state index is 11.6. The summed E-state index contributed by atoms with van der Waals surface area (Å²) in [5.41, 5.74) is 4.05. The summed E-state index contributed by atoms with van der Waals surface area (Å²) in [6, 6.07) is 5.75. The highest BCUT2D eigenvalue weighted by molar-refractivity contribution is 5.88. The molecule has 4 heteroatoms. The monoisotopic (exact) mass is 260 g/mol. The zero-order valence-corrected chi connectivity index (χ0v) is 11.5. The van der Waals surface area contributed by atoms with Gasteiger partial charge in [-0.2, -0.15) is 0 Å². The lowest BCUT2D eigenvalue weighted by atomic mass is 9.99. The summed E-state index contributed by atoms with van der Waals surface area (Å²) in [5, 5.41) is 6.61. The molecule has 0 spiro atoms. The van der Waals surface area contributed by atoms with E-state index in [1.807, 2.05) is 32.0 Å². The van der Waals surface area contributed by atoms with Crippen LogP contribution in [-0.4, -0.2) is 11.8 Å². The third-order valence-electron chi connectivity index (χ3n) is 3.44. The second-order valence-corrected chi connectivity index (χ2v) is 5.02. The minimum absolute atomic E-state index is 0.527. The smallest absolute Gasteiger partial charge is 0.298 e. The number of nitrogens with one attached hydrogen (secondary N) is 1. The van der Waals surface area contributed by atoms with Gasteiger partial charge in [-0.15, -0.1) is 0 Å². The molecule has 0 aliphatic heterocycles. The molecule has 1 aliphatic rings. The second-order valence-electron chi connectivity index (χ2n) is 5.02. The van der Waals surface area contributed by atoms with Gasteiger partial charge in [-0.1, -0.05) is 17.6 Å². The molecule has 1 aromatic rings. The number of hydrogen-bond donors (Lipinski definition) is 1. The van der Waals surface area contributed by atoms with Crippen LogP contribution in [0.3, 0.4) is 0 Å². The lowest BCUT2D eigenvalue weighted by Crippen LogP contribution is -2.13. The highest BCUT2D eigenvalue weighted by Gasteiger charge is 2.09. The number of amides is 1. The molecule has 4 nitrogen and oxygen atoms in total. The van der Waals surface area contributed by atoms with Crippen LogP contribution in [0.15, 0.2) is 23.4 Å². The fourth-order valence-electron chi connectivity index (χ4n) is 2.12. The maximum absolute atomic E-state index is 11.6. The number of rotatable bonds is 2. The average molecular weight is 260 g/mol. The Labute approximate surface area is 113 Å². The van der Waals surface area contributed by atoms with Gasteiger partial charge >= 0.3 is 6.09 Å². The van der Waals surface area contributed by atoms with Gasteiger partial charge in [0.25, 0.3) is 0 Å². The van der Waals surface area contributed by atoms with Crippen molar-refractivity contribution < 1.29 is 9.63 Å². The molecule has 0 saturated heterocycles. The number of carbonyl (C=O) groups excluding carboxylic acids is 1. The minimum atomic E-state index is -0.527. The van der Waals surface area contributed by atoms with Crippen LogP contribution in [0.5, 0.6) is 0 Å². The first kappa shape index (κ1) is 13.6. The molecule has 0 radical (unpaired) electrons. The van der Waals surface area contributed by atoms with Crippen molar-refractivity contribution in [3.63, 3.8) is 0 Å². The van der Waals surface area contributed by atoms with Crippen LogP contribution in [0, 0.1) is 13.8 Å². The molecular formula is C15H20N2O2. The maximum Gasteiger partial charge on any atom is 0.437 e. The second kappa shape index (κ2) is 6.36. The number of anilines is 1. The van der Waals surface area contributed by atoms with Crippen LogP contribution in [0.4, 0.5) is 10.5 Å². The van der Waals surface area contributed by atoms with E-state index in [-0.39, 0.29) is 0 Å². The van der Waals surface area contributed by atoms with Gasteiger partial charge in [-0.05, 0) is 62.8 Å². The van der Waals surface area contributed by atoms with Gasteiger partial charge in [-0.3, -0.25) is 10.2 Å². The van der Waals surface area contributed by atoms with Crippen LogP contribution < -0.4 is 5.32 Å². The highest BCUT2D eigenvalue weighted by Crippen LogP contribution is 2.16. The molecule has 2 rings (SSSR count). The van der Waals surface area contributed by atoms with Crippen LogP contribution >= 0.6 is 0 Å². The first-order valence-electron chi connectivity index (χ1n) is 6.76. The Morgan fingerprint density at radius 3 is 2.58 bits per heavy atom. The number of hydrogen-bond acceptors (Lipinski definition) is 3. The largest absolute Gasteiger partial charge is 0.437 e. The Bertz CT molecular complexity index is 487. The Kier molecular flexibility index (Phi) is 4.55. The summed E-state index contributed by atoms with van der Waals surface area (Å²) in [4.78, 5) is 16.5. The van der Waals surface area contributed by atoms with Gasteiger partial charge in [0.05, 0.1) is 5.71 Å². The zero-order chi connectivity index (χ0) is 13.7. The van der Waals surface area contributed by atoms with Crippen LogP contribution in [0.25, 0.3) is 0 Å². The predicted octanol–water partition coefficient (Wildman–Crippen LogP) is 4.17. The third kappa shape index (κ3) is 4.09. The quantitative estimate of drug-likeness (QED) is 0.640. The predicted molar refractivity (Wildman–Crippen MR) is 76.5 cm³/mol. The Balaban J connectivity index is 1.88. The molecule has 102 valence electrons. The van der Waals surface area contributed by atoms with Gasteiger partial charge < -0.3 is 0 Å². The van der Waals surface area contributed by atoms with E-state index in [1.165, 1.54) is 12.0 Å². The molecule has 0 atom stereocenters. The normalized spacial score (nSPS) is 14.9. The Morgan fingerprint density at radius 2 is 1.89 bits per heavy atom. The highest BCUT2D eigenvalue weighted by atomic mass is 16.7. The van der Waals surface area contributed by atoms with E-state index in [2.05, 4.69) is 10.5 Å². The van der Waals surface area contributed by atoms with Gasteiger partial charge in [-0.25, -0.2) is 4.79 Å². The Hall–Kier alpha value is -1.84. The SMILES string of the molecule is Cc1ccc(NC(=O)ON=C2CCCCC2)cc1C. The molecule has 19 heavy (non-hydrogen) atoms. The molecule has 0 bridgehead atoms. The summed E-state index contributed by atoms with van der Waals surface area (Å²) in [6.07, 6.45) is 4.88. The van der Waals surface area contributed by atoms with Crippen molar-refractivity contribution in [2.75, 3.05) is 5.32 Å². The summed E-state index contributed by atoms with van der Waals surface area (Å²) >= 11 is 0. The molecule has 1 saturated carbocycles. The van der Waals surface area contributed by atoms with E-state index in [1.54, 1.807) is 0 Å². The van der Waals surface area contributed by atoms with Crippen LogP contribution in [0.1, 0.15) is 43.2 Å². The summed E-state index contributed by atoms with van der Waals surface area (Å²) in [7, 11) is 0. The summed E-state index contributed by atoms with van der Waals surface area (Å²) in [6.45, 7) is 4.04. The molecule has 1 fully saturated rings. The molecule has 1 aromatic carbocycles. The molecule has 0 heterocycles. The topological polar surface area (TPSA) is 50.7 Å². The van der Waals surface area contributed by atoms with Crippen molar-refractivity contribution >= 4 is 17.5 Å². The standard InChI is InChI=1S/C15H20N2O2/c1-11-8-9-14(10-12(11)2)16-15(18)19-17-13-6-4-3-5-7-13/h8-10H,3-7H2,1-2H3,(H,16,18). The van der Waals surface area contributed by atoms with E-state index in [0.29, 0.717) is 0 Å². The van der Waals surface area contributed by atoms with Crippen LogP contribution in [-0.2, 0) is 4.84 Å². The number of nitrogens with zero attached hydrogens (tertiary/aromatic N) is 1. The van der Waals surface area contributed by atoms with E-state index in [9.17, 15) is 4.79 Å². The van der Waals surface area contributed by atoms with E-state index in [4.69, 9.17) is 4.84 Å². The lowest BCUT2D eigenvalue weighted by molar-refractivity contribution is 0.165. The van der Waals surface area contributed by atoms with Crippen molar-refractivity contribution in [1.82, 2.24) is 0 Å². The van der Waals surface area contributed by atoms with Crippen molar-refractivity contribution in [1.29, 1.82) is 0 Å². The third-order valence-corrected chi connectivity index (χ3v) is 3.44. The van der Waals surface area contributed by atoms with Gasteiger partial charge in [0, 0.05) is 5.69 Å². The zero-order valence-electron chi connectivity index (χ0n) is 11.5. The molecule has 1 amide bonds. The van der Waals surface area contributed by atoms with E-state index in [0.717, 1.165) is 42.6 Å². The fourth-order valence-corrected chi connectivity index (χ4v) is 2.12. The van der Waals surface area contributed by atoms with Crippen molar-refractivity contribution in [3.8, 4) is 0 Å². The van der Waals surface area contributed by atoms with Crippen molar-refractivity contribution in [2.45, 2.75) is 46.0 Å². The number of oxime groups is 1. The fraction of sp³-hybridized carbons (Fsp3) is 0.467. The molecular weight excluding hydrogens is 240 g/mol. The summed E-state index contributed by atoms with van der Waals surface area (Å²) in [5.74, 6) is 0. The van der Waals surface area contributed by atoms with Crippen molar-refractivity contribution in [2.24, 2.45) is 5.16 Å². The average Bonchev–Trinajstić information content (AvgIpc) is 2.42. The number of benzene rings is 1. The lowest BCUT2D eigenvalue weighted by Gasteiger charge is -2.11. The van der Waals surface area contributed by atoms with E-state index < -0.39 is 6.09 Å². The molecule has 1 N–H and O–H groups in total. The number of carbonyl (C=O) groups is 1. The van der Waals surface area contributed by atoms with E-state index >= 15 is 0 Å². The first-order chi connectivity index (χ1) is 9.15. The Morgan fingerprint density at radius 1 is 1.16 bits per heavy atom. The first-order valence-corrected chi connectivity index (χ1v) is 6.76. The summed E-state index contributed by atoms with van der Waals surface area (Å²) < 4.78 is 0. The van der Waals surface area contributed by atoms with Crippen LogP contribution in [0.2, 0.25) is 0 Å².